The van der Waals surface area contributed by atoms with Gasteiger partial charge in [0.2, 0.25) is 0 Å². The molecule has 2 N–H and O–H groups in total. The molecule has 0 aliphatic heterocycles. The zero-order valence-corrected chi connectivity index (χ0v) is 18.0. The smallest absolute Gasteiger partial charge is 0.338 e. The van der Waals surface area contributed by atoms with Crippen molar-refractivity contribution in [3.05, 3.63) is 60.2 Å². The quantitative estimate of drug-likeness (QED) is 0.656. The minimum Gasteiger partial charge on any atom is -0.449 e. The number of hydrogen-bond donors (Lipinski definition) is 2. The first-order valence-corrected chi connectivity index (χ1v) is 9.95. The van der Waals surface area contributed by atoms with Crippen LogP contribution in [0.4, 0.5) is 16.2 Å². The number of para-hydroxylation sites is 1. The van der Waals surface area contributed by atoms with Gasteiger partial charge in [-0.15, -0.1) is 0 Å². The van der Waals surface area contributed by atoms with E-state index in [1.807, 2.05) is 45.9 Å². The molecule has 3 amide bonds. The van der Waals surface area contributed by atoms with Gasteiger partial charge in [0, 0.05) is 23.5 Å². The third-order valence-electron chi connectivity index (χ3n) is 4.41. The number of amides is 3. The van der Waals surface area contributed by atoms with Gasteiger partial charge >= 0.3 is 12.0 Å². The maximum absolute atomic E-state index is 12.6. The molecule has 0 bridgehead atoms. The van der Waals surface area contributed by atoms with Crippen molar-refractivity contribution in [3.8, 4) is 0 Å². The lowest BCUT2D eigenvalue weighted by molar-refractivity contribution is -0.143. The number of benzene rings is 2. The largest absolute Gasteiger partial charge is 0.449 e. The number of carbonyl (C=O) groups excluding carboxylic acids is 3. The van der Waals surface area contributed by atoms with Crippen LogP contribution in [-0.4, -0.2) is 41.0 Å². The first kappa shape index (κ1) is 22.9. The van der Waals surface area contributed by atoms with Crippen LogP contribution in [0.3, 0.4) is 0 Å². The summed E-state index contributed by atoms with van der Waals surface area (Å²) in [7, 11) is 0. The van der Waals surface area contributed by atoms with E-state index in [1.165, 1.54) is 0 Å². The molecule has 1 unspecified atom stereocenters. The second-order valence-corrected chi connectivity index (χ2v) is 7.50. The van der Waals surface area contributed by atoms with Crippen molar-refractivity contribution in [3.63, 3.8) is 0 Å². The molecule has 0 aliphatic rings. The summed E-state index contributed by atoms with van der Waals surface area (Å²) in [6, 6.07) is 15.0. The number of esters is 1. The molecule has 0 heterocycles. The van der Waals surface area contributed by atoms with Crippen molar-refractivity contribution in [1.29, 1.82) is 0 Å². The number of rotatable bonds is 7. The van der Waals surface area contributed by atoms with E-state index in [-0.39, 0.29) is 18.0 Å². The molecule has 1 atom stereocenters. The Kier molecular flexibility index (Phi) is 7.98. The first-order valence-electron chi connectivity index (χ1n) is 9.95. The van der Waals surface area contributed by atoms with E-state index >= 15 is 0 Å². The molecule has 2 aromatic rings. The lowest BCUT2D eigenvalue weighted by Crippen LogP contribution is -2.47. The third kappa shape index (κ3) is 6.34. The number of nitrogens with zero attached hydrogens (tertiary/aromatic N) is 1. The molecule has 0 saturated heterocycles. The Morgan fingerprint density at radius 3 is 1.77 bits per heavy atom. The molecule has 7 nitrogen and oxygen atoms in total. The number of anilines is 2. The minimum atomic E-state index is -0.892. The fourth-order valence-electron chi connectivity index (χ4n) is 3.10. The molecule has 0 spiro atoms. The molecule has 0 aliphatic carbocycles. The van der Waals surface area contributed by atoms with E-state index in [1.54, 1.807) is 48.2 Å². The monoisotopic (exact) mass is 411 g/mol. The molecular formula is C23H29N3O4. The standard InChI is InChI=1S/C23H29N3O4/c1-15(2)26(16(3)4)21(27)17(5)30-22(28)18-11-13-20(14-12-18)25-23(29)24-19-9-7-6-8-10-19/h6-17H,1-5H3,(H2,24,25,29). The molecule has 0 radical (unpaired) electrons. The van der Waals surface area contributed by atoms with Gasteiger partial charge in [0.05, 0.1) is 5.56 Å². The summed E-state index contributed by atoms with van der Waals surface area (Å²) in [5.74, 6) is -0.826. The zero-order valence-electron chi connectivity index (χ0n) is 18.0. The second kappa shape index (κ2) is 10.4. The van der Waals surface area contributed by atoms with E-state index < -0.39 is 18.1 Å². The first-order chi connectivity index (χ1) is 14.2. The van der Waals surface area contributed by atoms with Gasteiger partial charge in [0.15, 0.2) is 6.10 Å². The van der Waals surface area contributed by atoms with Crippen LogP contribution in [0.2, 0.25) is 0 Å². The molecule has 30 heavy (non-hydrogen) atoms. The maximum Gasteiger partial charge on any atom is 0.338 e. The van der Waals surface area contributed by atoms with Crippen molar-refractivity contribution in [1.82, 2.24) is 4.90 Å². The molecule has 160 valence electrons. The van der Waals surface area contributed by atoms with Crippen LogP contribution in [0.25, 0.3) is 0 Å². The lowest BCUT2D eigenvalue weighted by Gasteiger charge is -2.32. The SMILES string of the molecule is CC(OC(=O)c1ccc(NC(=O)Nc2ccccc2)cc1)C(=O)N(C(C)C)C(C)C. The van der Waals surface area contributed by atoms with Crippen LogP contribution < -0.4 is 10.6 Å². The van der Waals surface area contributed by atoms with Crippen molar-refractivity contribution < 1.29 is 19.1 Å². The molecule has 2 rings (SSSR count). The maximum atomic E-state index is 12.6. The van der Waals surface area contributed by atoms with Gasteiger partial charge in [-0.2, -0.15) is 0 Å². The highest BCUT2D eigenvalue weighted by Gasteiger charge is 2.27. The van der Waals surface area contributed by atoms with Crippen molar-refractivity contribution in [2.45, 2.75) is 52.8 Å². The van der Waals surface area contributed by atoms with E-state index in [9.17, 15) is 14.4 Å². The van der Waals surface area contributed by atoms with Gasteiger partial charge in [0.25, 0.3) is 5.91 Å². The highest BCUT2D eigenvalue weighted by Crippen LogP contribution is 2.15. The Bertz CT molecular complexity index is 856. The summed E-state index contributed by atoms with van der Waals surface area (Å²) in [4.78, 5) is 38.7. The van der Waals surface area contributed by atoms with Crippen LogP contribution in [0.1, 0.15) is 45.0 Å². The molecule has 0 aromatic heterocycles. The zero-order chi connectivity index (χ0) is 22.3. The normalized spacial score (nSPS) is 11.7. The van der Waals surface area contributed by atoms with Crippen LogP contribution in [0.5, 0.6) is 0 Å². The molecule has 2 aromatic carbocycles. The number of carbonyl (C=O) groups is 3. The third-order valence-corrected chi connectivity index (χ3v) is 4.41. The van der Waals surface area contributed by atoms with Crippen LogP contribution in [0, 0.1) is 0 Å². The molecule has 0 saturated carbocycles. The Morgan fingerprint density at radius 2 is 1.27 bits per heavy atom. The van der Waals surface area contributed by atoms with Crippen molar-refractivity contribution in [2.75, 3.05) is 10.6 Å². The molecule has 7 heteroatoms. The predicted octanol–water partition coefficient (Wildman–Crippen LogP) is 4.52. The Labute approximate surface area is 177 Å². The Balaban J connectivity index is 1.94. The number of urea groups is 1. The van der Waals surface area contributed by atoms with Gasteiger partial charge in [-0.1, -0.05) is 18.2 Å². The van der Waals surface area contributed by atoms with Gasteiger partial charge in [-0.05, 0) is 71.0 Å². The average Bonchev–Trinajstić information content (AvgIpc) is 2.68. The van der Waals surface area contributed by atoms with Gasteiger partial charge in [0.1, 0.15) is 0 Å². The van der Waals surface area contributed by atoms with Gasteiger partial charge < -0.3 is 20.3 Å². The second-order valence-electron chi connectivity index (χ2n) is 7.50. The summed E-state index contributed by atoms with van der Waals surface area (Å²) in [5.41, 5.74) is 1.49. The Morgan fingerprint density at radius 1 is 0.767 bits per heavy atom. The number of nitrogens with one attached hydrogen (secondary N) is 2. The van der Waals surface area contributed by atoms with Gasteiger partial charge in [-0.3, -0.25) is 4.79 Å². The van der Waals surface area contributed by atoms with E-state index in [0.29, 0.717) is 16.9 Å². The van der Waals surface area contributed by atoms with E-state index in [2.05, 4.69) is 10.6 Å². The summed E-state index contributed by atoms with van der Waals surface area (Å²) in [6.45, 7) is 9.26. The Hall–Kier alpha value is -3.35. The van der Waals surface area contributed by atoms with Crippen molar-refractivity contribution in [2.24, 2.45) is 0 Å². The fourth-order valence-corrected chi connectivity index (χ4v) is 3.10. The highest BCUT2D eigenvalue weighted by molar-refractivity contribution is 6.00. The van der Waals surface area contributed by atoms with Crippen LogP contribution in [-0.2, 0) is 9.53 Å². The summed E-state index contributed by atoms with van der Waals surface area (Å²) < 4.78 is 5.35. The van der Waals surface area contributed by atoms with E-state index in [4.69, 9.17) is 4.74 Å². The predicted molar refractivity (Wildman–Crippen MR) is 118 cm³/mol. The molecular weight excluding hydrogens is 382 g/mol. The lowest BCUT2D eigenvalue weighted by atomic mass is 10.2. The van der Waals surface area contributed by atoms with Gasteiger partial charge in [-0.25, -0.2) is 9.59 Å². The summed E-state index contributed by atoms with van der Waals surface area (Å²) in [6.07, 6.45) is -0.892. The van der Waals surface area contributed by atoms with Crippen LogP contribution in [0.15, 0.2) is 54.6 Å². The highest BCUT2D eigenvalue weighted by atomic mass is 16.5. The fraction of sp³-hybridized carbons (Fsp3) is 0.348. The average molecular weight is 412 g/mol. The molecule has 0 fully saturated rings. The van der Waals surface area contributed by atoms with Crippen molar-refractivity contribution >= 4 is 29.3 Å². The summed E-state index contributed by atoms with van der Waals surface area (Å²) >= 11 is 0. The summed E-state index contributed by atoms with van der Waals surface area (Å²) in [5, 5.41) is 5.40. The van der Waals surface area contributed by atoms with Crippen LogP contribution >= 0.6 is 0 Å². The van der Waals surface area contributed by atoms with E-state index in [0.717, 1.165) is 0 Å². The topological polar surface area (TPSA) is 87.7 Å². The minimum absolute atomic E-state index is 0.00559. The number of ether oxygens (including phenoxy) is 1. The number of hydrogen-bond acceptors (Lipinski definition) is 4.